The zero-order valence-corrected chi connectivity index (χ0v) is 13.3. The highest BCUT2D eigenvalue weighted by molar-refractivity contribution is 7.98. The Labute approximate surface area is 122 Å². The van der Waals surface area contributed by atoms with E-state index >= 15 is 0 Å². The summed E-state index contributed by atoms with van der Waals surface area (Å²) >= 11 is 1.87. The molecule has 0 heterocycles. The zero-order valence-electron chi connectivity index (χ0n) is 12.5. The van der Waals surface area contributed by atoms with Crippen molar-refractivity contribution in [2.24, 2.45) is 11.8 Å². The smallest absolute Gasteiger partial charge is 0.0359 e. The fourth-order valence-electron chi connectivity index (χ4n) is 3.46. The molecule has 106 valence electrons. The van der Waals surface area contributed by atoms with Gasteiger partial charge in [0.15, 0.2) is 0 Å². The van der Waals surface area contributed by atoms with Crippen LogP contribution in [0.4, 0.5) is 0 Å². The van der Waals surface area contributed by atoms with E-state index in [4.69, 9.17) is 0 Å². The number of thioether (sulfide) groups is 1. The van der Waals surface area contributed by atoms with Crippen molar-refractivity contribution in [3.05, 3.63) is 29.8 Å². The topological polar surface area (TPSA) is 12.0 Å². The summed E-state index contributed by atoms with van der Waals surface area (Å²) in [7, 11) is 0. The Morgan fingerprint density at radius 3 is 2.79 bits per heavy atom. The Bertz CT molecular complexity index is 391. The highest BCUT2D eigenvalue weighted by Crippen LogP contribution is 2.39. The first-order valence-electron chi connectivity index (χ1n) is 7.62. The molecule has 3 atom stereocenters. The summed E-state index contributed by atoms with van der Waals surface area (Å²) in [4.78, 5) is 1.44. The van der Waals surface area contributed by atoms with Crippen LogP contribution >= 0.6 is 11.8 Å². The van der Waals surface area contributed by atoms with Crippen molar-refractivity contribution < 1.29 is 0 Å². The maximum Gasteiger partial charge on any atom is 0.0359 e. The third kappa shape index (κ3) is 3.76. The number of rotatable bonds is 5. The molecule has 1 aliphatic carbocycles. The van der Waals surface area contributed by atoms with E-state index in [0.29, 0.717) is 6.04 Å². The first-order chi connectivity index (χ1) is 9.26. The Morgan fingerprint density at radius 1 is 1.32 bits per heavy atom. The quantitative estimate of drug-likeness (QED) is 0.769. The van der Waals surface area contributed by atoms with Gasteiger partial charge in [0.25, 0.3) is 0 Å². The first kappa shape index (κ1) is 14.9. The van der Waals surface area contributed by atoms with Gasteiger partial charge in [-0.1, -0.05) is 44.9 Å². The second-order valence-corrected chi connectivity index (χ2v) is 6.66. The van der Waals surface area contributed by atoms with Gasteiger partial charge in [0.1, 0.15) is 0 Å². The van der Waals surface area contributed by atoms with Crippen molar-refractivity contribution in [1.82, 2.24) is 5.32 Å². The van der Waals surface area contributed by atoms with Gasteiger partial charge in [0.05, 0.1) is 0 Å². The molecule has 0 bridgehead atoms. The monoisotopic (exact) mass is 277 g/mol. The van der Waals surface area contributed by atoms with Gasteiger partial charge in [0.2, 0.25) is 0 Å². The van der Waals surface area contributed by atoms with Crippen LogP contribution in [0.1, 0.15) is 51.1 Å². The minimum atomic E-state index is 0.538. The number of nitrogens with one attached hydrogen (secondary N) is 1. The molecule has 1 saturated carbocycles. The standard InChI is InChI=1S/C17H27NS/c1-4-18-17(14-9-7-8-13(2)12-14)15-10-5-6-11-16(15)19-3/h5-6,10-11,13-14,17-18H,4,7-9,12H2,1-3H3. The summed E-state index contributed by atoms with van der Waals surface area (Å²) in [6, 6.07) is 9.46. The summed E-state index contributed by atoms with van der Waals surface area (Å²) in [6.07, 6.45) is 7.76. The second kappa shape index (κ2) is 7.35. The third-order valence-electron chi connectivity index (χ3n) is 4.35. The summed E-state index contributed by atoms with van der Waals surface area (Å²) < 4.78 is 0. The fraction of sp³-hybridized carbons (Fsp3) is 0.647. The highest BCUT2D eigenvalue weighted by Gasteiger charge is 2.28. The average molecular weight is 277 g/mol. The molecule has 1 aromatic carbocycles. The summed E-state index contributed by atoms with van der Waals surface area (Å²) in [5.74, 6) is 1.69. The molecule has 1 fully saturated rings. The summed E-state index contributed by atoms with van der Waals surface area (Å²) in [6.45, 7) is 5.69. The molecule has 0 radical (unpaired) electrons. The number of hydrogen-bond donors (Lipinski definition) is 1. The molecule has 1 aliphatic rings. The van der Waals surface area contributed by atoms with Crippen LogP contribution in [0.15, 0.2) is 29.2 Å². The van der Waals surface area contributed by atoms with Crippen molar-refractivity contribution in [2.75, 3.05) is 12.8 Å². The van der Waals surface area contributed by atoms with Gasteiger partial charge in [0, 0.05) is 10.9 Å². The van der Waals surface area contributed by atoms with Crippen molar-refractivity contribution in [3.63, 3.8) is 0 Å². The molecule has 3 unspecified atom stereocenters. The van der Waals surface area contributed by atoms with Gasteiger partial charge in [-0.3, -0.25) is 0 Å². The van der Waals surface area contributed by atoms with E-state index in [2.05, 4.69) is 49.7 Å². The van der Waals surface area contributed by atoms with E-state index in [0.717, 1.165) is 18.4 Å². The van der Waals surface area contributed by atoms with Crippen LogP contribution in [0.5, 0.6) is 0 Å². The van der Waals surface area contributed by atoms with Gasteiger partial charge in [-0.05, 0) is 49.1 Å². The van der Waals surface area contributed by atoms with Crippen LogP contribution < -0.4 is 5.32 Å². The van der Waals surface area contributed by atoms with E-state index < -0.39 is 0 Å². The van der Waals surface area contributed by atoms with Crippen LogP contribution in [0.2, 0.25) is 0 Å². The molecule has 0 aliphatic heterocycles. The Morgan fingerprint density at radius 2 is 2.11 bits per heavy atom. The van der Waals surface area contributed by atoms with Crippen LogP contribution in [0.25, 0.3) is 0 Å². The average Bonchev–Trinajstić information content (AvgIpc) is 2.45. The third-order valence-corrected chi connectivity index (χ3v) is 5.16. The van der Waals surface area contributed by atoms with Crippen molar-refractivity contribution in [1.29, 1.82) is 0 Å². The van der Waals surface area contributed by atoms with Crippen molar-refractivity contribution in [3.8, 4) is 0 Å². The predicted octanol–water partition coefficient (Wildman–Crippen LogP) is 4.89. The SMILES string of the molecule is CCNC(c1ccccc1SC)C1CCCC(C)C1. The molecule has 0 amide bonds. The van der Waals surface area contributed by atoms with Crippen LogP contribution in [0, 0.1) is 11.8 Å². The van der Waals surface area contributed by atoms with Crippen molar-refractivity contribution >= 4 is 11.8 Å². The minimum Gasteiger partial charge on any atom is -0.310 e. The van der Waals surface area contributed by atoms with Crippen molar-refractivity contribution in [2.45, 2.75) is 50.5 Å². The lowest BCUT2D eigenvalue weighted by Crippen LogP contribution is -2.31. The number of hydrogen-bond acceptors (Lipinski definition) is 2. The molecule has 19 heavy (non-hydrogen) atoms. The Kier molecular flexibility index (Phi) is 5.77. The fourth-order valence-corrected chi connectivity index (χ4v) is 4.10. The van der Waals surface area contributed by atoms with Gasteiger partial charge in [-0.2, -0.15) is 0 Å². The van der Waals surface area contributed by atoms with Gasteiger partial charge in [-0.25, -0.2) is 0 Å². The molecule has 0 aromatic heterocycles. The van der Waals surface area contributed by atoms with E-state index in [-0.39, 0.29) is 0 Å². The van der Waals surface area contributed by atoms with Gasteiger partial charge < -0.3 is 5.32 Å². The van der Waals surface area contributed by atoms with Crippen LogP contribution in [-0.4, -0.2) is 12.8 Å². The largest absolute Gasteiger partial charge is 0.310 e. The minimum absolute atomic E-state index is 0.538. The first-order valence-corrected chi connectivity index (χ1v) is 8.85. The normalized spacial score (nSPS) is 25.2. The maximum absolute atomic E-state index is 3.75. The lowest BCUT2D eigenvalue weighted by Gasteiger charge is -2.34. The molecule has 1 aromatic rings. The van der Waals surface area contributed by atoms with E-state index in [9.17, 15) is 0 Å². The lowest BCUT2D eigenvalue weighted by molar-refractivity contribution is 0.223. The van der Waals surface area contributed by atoms with Crippen LogP contribution in [0.3, 0.4) is 0 Å². The molecule has 2 heteroatoms. The van der Waals surface area contributed by atoms with E-state index in [1.54, 1.807) is 0 Å². The van der Waals surface area contributed by atoms with E-state index in [1.807, 2.05) is 11.8 Å². The second-order valence-electron chi connectivity index (χ2n) is 5.81. The van der Waals surface area contributed by atoms with Gasteiger partial charge >= 0.3 is 0 Å². The summed E-state index contributed by atoms with van der Waals surface area (Å²) in [5, 5.41) is 3.75. The highest BCUT2D eigenvalue weighted by atomic mass is 32.2. The molecule has 0 saturated heterocycles. The van der Waals surface area contributed by atoms with E-state index in [1.165, 1.54) is 36.1 Å². The summed E-state index contributed by atoms with van der Waals surface area (Å²) in [5.41, 5.74) is 1.51. The Balaban J connectivity index is 2.23. The molecule has 1 nitrogen and oxygen atoms in total. The lowest BCUT2D eigenvalue weighted by atomic mass is 9.76. The van der Waals surface area contributed by atoms with Crippen LogP contribution in [-0.2, 0) is 0 Å². The zero-order chi connectivity index (χ0) is 13.7. The van der Waals surface area contributed by atoms with Gasteiger partial charge in [-0.15, -0.1) is 11.8 Å². The predicted molar refractivity (Wildman–Crippen MR) is 85.8 cm³/mol. The molecular weight excluding hydrogens is 250 g/mol. The Hall–Kier alpha value is -0.470. The molecular formula is C17H27NS. The molecule has 1 N–H and O–H groups in total. The molecule has 0 spiro atoms. The number of benzene rings is 1. The molecule has 2 rings (SSSR count). The maximum atomic E-state index is 3.75.